The predicted octanol–water partition coefficient (Wildman–Crippen LogP) is 5.01. The minimum absolute atomic E-state index is 0.0259. The fourth-order valence-corrected chi connectivity index (χ4v) is 4.79. The topological polar surface area (TPSA) is 87.5 Å². The lowest BCUT2D eigenvalue weighted by Crippen LogP contribution is -2.29. The lowest BCUT2D eigenvalue weighted by molar-refractivity contribution is 0.0777. The molecule has 2 heterocycles. The molecular weight excluding hydrogens is 460 g/mol. The van der Waals surface area contributed by atoms with E-state index in [2.05, 4.69) is 30.9 Å². The predicted molar refractivity (Wildman–Crippen MR) is 143 cm³/mol. The van der Waals surface area contributed by atoms with Crippen LogP contribution in [0.4, 0.5) is 0 Å². The number of carbonyl (C=O) groups is 2. The second kappa shape index (κ2) is 10.6. The van der Waals surface area contributed by atoms with Gasteiger partial charge in [0.2, 0.25) is 0 Å². The van der Waals surface area contributed by atoms with Crippen LogP contribution in [0.5, 0.6) is 0 Å². The Hall–Kier alpha value is -3.26. The Morgan fingerprint density at radius 1 is 1.03 bits per heavy atom. The van der Waals surface area contributed by atoms with E-state index in [1.165, 1.54) is 21.6 Å². The molecule has 0 bridgehead atoms. The van der Waals surface area contributed by atoms with Crippen LogP contribution in [0.15, 0.2) is 46.2 Å². The van der Waals surface area contributed by atoms with Gasteiger partial charge in [0.1, 0.15) is 6.54 Å². The van der Waals surface area contributed by atoms with Crippen molar-refractivity contribution in [3.05, 3.63) is 73.3 Å². The zero-order chi connectivity index (χ0) is 25.9. The molecule has 35 heavy (non-hydrogen) atoms. The van der Waals surface area contributed by atoms with Crippen LogP contribution in [0, 0.1) is 6.92 Å². The summed E-state index contributed by atoms with van der Waals surface area (Å²) in [5.41, 5.74) is 3.39. The number of nitrogens with zero attached hydrogens (tertiary/aromatic N) is 3. The van der Waals surface area contributed by atoms with Crippen molar-refractivity contribution in [2.75, 3.05) is 19.6 Å². The van der Waals surface area contributed by atoms with Crippen molar-refractivity contribution >= 4 is 28.7 Å². The number of aromatic nitrogens is 2. The molecule has 1 N–H and O–H groups in total. The van der Waals surface area contributed by atoms with Crippen LogP contribution >= 0.6 is 11.3 Å². The molecule has 1 amide bonds. The Kier molecular flexibility index (Phi) is 7.95. The number of aryl methyl sites for hydroxylation is 1. The minimum atomic E-state index is -0.206. The molecule has 0 fully saturated rings. The summed E-state index contributed by atoms with van der Waals surface area (Å²) in [6.45, 7) is 15.0. The molecular formula is C27H34N4O3S. The maximum Gasteiger partial charge on any atom is 0.280 e. The Bertz CT molecular complexity index is 1300. The van der Waals surface area contributed by atoms with E-state index in [1.54, 1.807) is 24.0 Å². The van der Waals surface area contributed by atoms with E-state index in [-0.39, 0.29) is 29.2 Å². The summed E-state index contributed by atoms with van der Waals surface area (Å²) >= 11 is 1.18. The molecule has 0 aliphatic rings. The summed E-state index contributed by atoms with van der Waals surface area (Å²) in [6, 6.07) is 11.3. The number of aliphatic imine (C=N–C) groups is 1. The molecule has 0 spiro atoms. The van der Waals surface area contributed by atoms with Gasteiger partial charge in [0.05, 0.1) is 21.0 Å². The number of hydrogen-bond acceptors (Lipinski definition) is 5. The number of Topliss-reactive ketones (excluding diaryl/α,β-unsaturated/α-hetero) is 1. The molecule has 0 aliphatic heterocycles. The quantitative estimate of drug-likeness (QED) is 0.353. The maximum absolute atomic E-state index is 13.2. The third-order valence-corrected chi connectivity index (χ3v) is 7.14. The van der Waals surface area contributed by atoms with Gasteiger partial charge in [-0.2, -0.15) is 0 Å². The third kappa shape index (κ3) is 5.70. The zero-order valence-electron chi connectivity index (χ0n) is 21.6. The Balaban J connectivity index is 1.79. The van der Waals surface area contributed by atoms with Gasteiger partial charge in [0, 0.05) is 24.5 Å². The van der Waals surface area contributed by atoms with E-state index in [1.807, 2.05) is 45.0 Å². The number of rotatable bonds is 8. The van der Waals surface area contributed by atoms with E-state index in [0.29, 0.717) is 39.8 Å². The molecule has 0 unspecified atom stereocenters. The van der Waals surface area contributed by atoms with Crippen molar-refractivity contribution in [3.8, 4) is 5.69 Å². The summed E-state index contributed by atoms with van der Waals surface area (Å²) in [5.74, 6) is -0.253. The highest BCUT2D eigenvalue weighted by atomic mass is 32.1. The number of thiophene rings is 1. The smallest absolute Gasteiger partial charge is 0.280 e. The first-order valence-corrected chi connectivity index (χ1v) is 12.7. The van der Waals surface area contributed by atoms with Crippen LogP contribution in [-0.2, 0) is 5.41 Å². The number of aromatic amines is 1. The lowest BCUT2D eigenvalue weighted by Gasteiger charge is -2.19. The number of hydrogen-bond donors (Lipinski definition) is 1. The average Bonchev–Trinajstić information content (AvgIpc) is 3.42. The summed E-state index contributed by atoms with van der Waals surface area (Å²) in [5, 5.41) is 3.12. The van der Waals surface area contributed by atoms with Crippen molar-refractivity contribution in [1.82, 2.24) is 14.7 Å². The van der Waals surface area contributed by atoms with Crippen LogP contribution in [-0.4, -0.2) is 51.7 Å². The second-order valence-corrected chi connectivity index (χ2v) is 10.6. The van der Waals surface area contributed by atoms with Gasteiger partial charge in [-0.15, -0.1) is 11.3 Å². The van der Waals surface area contributed by atoms with E-state index in [4.69, 9.17) is 0 Å². The molecule has 0 saturated carbocycles. The van der Waals surface area contributed by atoms with Gasteiger partial charge in [0.25, 0.3) is 11.5 Å². The van der Waals surface area contributed by atoms with Gasteiger partial charge in [-0.05, 0) is 62.9 Å². The van der Waals surface area contributed by atoms with Crippen LogP contribution in [0.3, 0.4) is 0 Å². The van der Waals surface area contributed by atoms with E-state index >= 15 is 0 Å². The number of nitrogens with one attached hydrogen (secondary N) is 1. The highest BCUT2D eigenvalue weighted by molar-refractivity contribution is 7.16. The van der Waals surface area contributed by atoms with Gasteiger partial charge in [-0.3, -0.25) is 24.5 Å². The zero-order valence-corrected chi connectivity index (χ0v) is 22.4. The fourth-order valence-electron chi connectivity index (χ4n) is 3.88. The molecule has 0 radical (unpaired) electrons. The molecule has 0 saturated heterocycles. The molecule has 0 aliphatic carbocycles. The van der Waals surface area contributed by atoms with Crippen molar-refractivity contribution in [2.24, 2.45) is 4.99 Å². The monoisotopic (exact) mass is 494 g/mol. The SMILES string of the molecule is CCN(CC)C(=O)c1ccc(C(=O)CN=C(C)c2c(C)[nH]n(-c3ccc(C(C)(C)C)cc3)c2=O)s1. The Morgan fingerprint density at radius 3 is 2.20 bits per heavy atom. The number of carbonyl (C=O) groups excluding carboxylic acids is 2. The van der Waals surface area contributed by atoms with Gasteiger partial charge in [-0.1, -0.05) is 32.9 Å². The van der Waals surface area contributed by atoms with Crippen LogP contribution < -0.4 is 5.56 Å². The van der Waals surface area contributed by atoms with Gasteiger partial charge >= 0.3 is 0 Å². The number of ketones is 1. The number of amides is 1. The number of benzene rings is 1. The average molecular weight is 495 g/mol. The van der Waals surface area contributed by atoms with E-state index in [0.717, 1.165) is 5.69 Å². The molecule has 2 aromatic heterocycles. The first-order chi connectivity index (χ1) is 16.5. The largest absolute Gasteiger partial charge is 0.339 e. The highest BCUT2D eigenvalue weighted by Gasteiger charge is 2.19. The van der Waals surface area contributed by atoms with Crippen LogP contribution in [0.1, 0.15) is 77.7 Å². The highest BCUT2D eigenvalue weighted by Crippen LogP contribution is 2.23. The van der Waals surface area contributed by atoms with Crippen molar-refractivity contribution in [1.29, 1.82) is 0 Å². The summed E-state index contributed by atoms with van der Waals surface area (Å²) in [7, 11) is 0. The summed E-state index contributed by atoms with van der Waals surface area (Å²) < 4.78 is 1.50. The van der Waals surface area contributed by atoms with Gasteiger partial charge in [0.15, 0.2) is 5.78 Å². The molecule has 0 atom stereocenters. The molecule has 8 heteroatoms. The van der Waals surface area contributed by atoms with Gasteiger partial charge < -0.3 is 4.90 Å². The molecule has 7 nitrogen and oxygen atoms in total. The van der Waals surface area contributed by atoms with E-state index in [9.17, 15) is 14.4 Å². The molecule has 3 aromatic rings. The first-order valence-electron chi connectivity index (χ1n) is 11.8. The van der Waals surface area contributed by atoms with Crippen LogP contribution in [0.2, 0.25) is 0 Å². The summed E-state index contributed by atoms with van der Waals surface area (Å²) in [4.78, 5) is 45.5. The number of H-pyrrole nitrogens is 1. The third-order valence-electron chi connectivity index (χ3n) is 6.03. The van der Waals surface area contributed by atoms with Crippen molar-refractivity contribution < 1.29 is 9.59 Å². The second-order valence-electron chi connectivity index (χ2n) is 9.52. The van der Waals surface area contributed by atoms with E-state index < -0.39 is 0 Å². The van der Waals surface area contributed by atoms with Crippen LogP contribution in [0.25, 0.3) is 5.69 Å². The fraction of sp³-hybridized carbons (Fsp3) is 0.407. The van der Waals surface area contributed by atoms with Crippen molar-refractivity contribution in [3.63, 3.8) is 0 Å². The molecule has 3 rings (SSSR count). The molecule has 186 valence electrons. The first kappa shape index (κ1) is 26.3. The minimum Gasteiger partial charge on any atom is -0.339 e. The standard InChI is InChI=1S/C27H34N4O3S/c1-8-30(9-2)25(33)23-15-14-22(35-23)21(32)16-28-17(3)24-18(4)29-31(26(24)34)20-12-10-19(11-13-20)27(5,6)7/h10-15,29H,8-9,16H2,1-7H3. The Morgan fingerprint density at radius 2 is 1.63 bits per heavy atom. The normalized spacial score (nSPS) is 12.1. The van der Waals surface area contributed by atoms with Gasteiger partial charge in [-0.25, -0.2) is 4.68 Å². The maximum atomic E-state index is 13.2. The van der Waals surface area contributed by atoms with Crippen molar-refractivity contribution in [2.45, 2.75) is 53.9 Å². The Labute approximate surface area is 210 Å². The summed E-state index contributed by atoms with van der Waals surface area (Å²) in [6.07, 6.45) is 0. The molecule has 1 aromatic carbocycles. The lowest BCUT2D eigenvalue weighted by atomic mass is 9.87.